The van der Waals surface area contributed by atoms with Crippen LogP contribution < -0.4 is 0 Å². The number of benzene rings is 2. The molecule has 0 aliphatic rings. The van der Waals surface area contributed by atoms with Gasteiger partial charge in [-0.3, -0.25) is 0 Å². The molecule has 0 saturated heterocycles. The smallest absolute Gasteiger partial charge is 0.0843 e. The summed E-state index contributed by atoms with van der Waals surface area (Å²) in [6.45, 7) is 7.71. The van der Waals surface area contributed by atoms with Crippen LogP contribution in [-0.4, -0.2) is 10.2 Å². The molecule has 0 amide bonds. The number of aliphatic hydroxyl groups is 2. The zero-order chi connectivity index (χ0) is 15.5. The first-order chi connectivity index (χ1) is 9.97. The minimum absolute atomic E-state index is 0.0326. The molecule has 0 heterocycles. The number of hydrogen-bond acceptors (Lipinski definition) is 2. The molecule has 2 nitrogen and oxygen atoms in total. The number of rotatable bonds is 5. The highest BCUT2D eigenvalue weighted by atomic mass is 16.3. The molecule has 0 saturated carbocycles. The average Bonchev–Trinajstić information content (AvgIpc) is 2.48. The van der Waals surface area contributed by atoms with Gasteiger partial charge in [-0.15, -0.1) is 0 Å². The van der Waals surface area contributed by atoms with Gasteiger partial charge in [0.05, 0.1) is 12.2 Å². The van der Waals surface area contributed by atoms with Gasteiger partial charge in [0.1, 0.15) is 0 Å². The van der Waals surface area contributed by atoms with Gasteiger partial charge in [-0.25, -0.2) is 0 Å². The van der Waals surface area contributed by atoms with Crippen molar-refractivity contribution in [3.8, 4) is 0 Å². The summed E-state index contributed by atoms with van der Waals surface area (Å²) in [5, 5.41) is 19.7. The molecule has 111 valence electrons. The van der Waals surface area contributed by atoms with E-state index in [2.05, 4.69) is 19.1 Å². The lowest BCUT2D eigenvalue weighted by molar-refractivity contribution is 0.0774. The highest BCUT2D eigenvalue weighted by Gasteiger charge is 2.24. The molecule has 2 N–H and O–H groups in total. The van der Waals surface area contributed by atoms with Crippen molar-refractivity contribution in [1.29, 1.82) is 0 Å². The van der Waals surface area contributed by atoms with Crippen molar-refractivity contribution in [2.45, 2.75) is 38.4 Å². The third-order valence-electron chi connectivity index (χ3n) is 3.82. The van der Waals surface area contributed by atoms with Gasteiger partial charge in [-0.05, 0) is 42.5 Å². The maximum Gasteiger partial charge on any atom is 0.0843 e. The second-order valence-electron chi connectivity index (χ2n) is 5.89. The molecule has 2 aromatic carbocycles. The molecule has 2 aromatic rings. The minimum Gasteiger partial charge on any atom is -0.392 e. The second-order valence-corrected chi connectivity index (χ2v) is 5.89. The van der Waals surface area contributed by atoms with Crippen molar-refractivity contribution in [3.05, 3.63) is 77.7 Å². The van der Waals surface area contributed by atoms with Crippen molar-refractivity contribution >= 4 is 0 Å². The summed E-state index contributed by atoms with van der Waals surface area (Å²) >= 11 is 0. The molecular weight excluding hydrogens is 260 g/mol. The van der Waals surface area contributed by atoms with Crippen molar-refractivity contribution in [2.24, 2.45) is 0 Å². The zero-order valence-electron chi connectivity index (χ0n) is 12.7. The Morgan fingerprint density at radius 1 is 1.10 bits per heavy atom. The van der Waals surface area contributed by atoms with Crippen LogP contribution in [0.15, 0.2) is 48.5 Å². The third kappa shape index (κ3) is 3.52. The summed E-state index contributed by atoms with van der Waals surface area (Å²) in [4.78, 5) is 0. The fourth-order valence-electron chi connectivity index (χ4n) is 2.77. The topological polar surface area (TPSA) is 40.5 Å². The molecule has 2 rings (SSSR count). The highest BCUT2D eigenvalue weighted by Crippen LogP contribution is 2.35. The number of aliphatic hydroxyl groups excluding tert-OH is 1. The van der Waals surface area contributed by atoms with E-state index in [9.17, 15) is 10.2 Å². The van der Waals surface area contributed by atoms with E-state index in [0.717, 1.165) is 22.3 Å². The summed E-state index contributed by atoms with van der Waals surface area (Å²) in [5.41, 5.74) is 3.14. The van der Waals surface area contributed by atoms with Crippen LogP contribution in [0.3, 0.4) is 0 Å². The van der Waals surface area contributed by atoms with Crippen LogP contribution >= 0.6 is 0 Å². The quantitative estimate of drug-likeness (QED) is 0.877. The molecule has 1 atom stereocenters. The predicted octanol–water partition coefficient (Wildman–Crippen LogP) is 3.76. The molecular formula is C19H23O2. The Labute approximate surface area is 127 Å². The van der Waals surface area contributed by atoms with E-state index >= 15 is 0 Å². The van der Waals surface area contributed by atoms with Crippen LogP contribution in [0, 0.1) is 6.92 Å². The largest absolute Gasteiger partial charge is 0.392 e. The van der Waals surface area contributed by atoms with Gasteiger partial charge < -0.3 is 10.2 Å². The van der Waals surface area contributed by atoms with Gasteiger partial charge in [-0.1, -0.05) is 55.5 Å². The van der Waals surface area contributed by atoms with E-state index in [-0.39, 0.29) is 12.5 Å². The molecule has 21 heavy (non-hydrogen) atoms. The maximum atomic E-state index is 10.4. The summed E-state index contributed by atoms with van der Waals surface area (Å²) in [6, 6.07) is 15.9. The summed E-state index contributed by atoms with van der Waals surface area (Å²) in [6.07, 6.45) is 0.696. The lowest BCUT2D eigenvalue weighted by Crippen LogP contribution is -2.19. The van der Waals surface area contributed by atoms with Crippen molar-refractivity contribution in [3.63, 3.8) is 0 Å². The highest BCUT2D eigenvalue weighted by molar-refractivity contribution is 5.41. The van der Waals surface area contributed by atoms with Crippen molar-refractivity contribution in [2.75, 3.05) is 0 Å². The lowest BCUT2D eigenvalue weighted by atomic mass is 9.81. The molecule has 0 aliphatic carbocycles. The van der Waals surface area contributed by atoms with Crippen molar-refractivity contribution < 1.29 is 10.2 Å². The minimum atomic E-state index is -0.890. The fraction of sp³-hybridized carbons (Fsp3) is 0.316. The van der Waals surface area contributed by atoms with E-state index in [1.807, 2.05) is 36.4 Å². The van der Waals surface area contributed by atoms with Crippen molar-refractivity contribution in [1.82, 2.24) is 0 Å². The van der Waals surface area contributed by atoms with E-state index in [4.69, 9.17) is 0 Å². The number of hydrogen-bond donors (Lipinski definition) is 2. The Bertz CT molecular complexity index is 597. The molecule has 0 spiro atoms. The first kappa shape index (κ1) is 15.7. The Kier molecular flexibility index (Phi) is 4.81. The van der Waals surface area contributed by atoms with E-state index in [1.165, 1.54) is 0 Å². The molecule has 0 unspecified atom stereocenters. The summed E-state index contributed by atoms with van der Waals surface area (Å²) < 4.78 is 0. The molecule has 1 radical (unpaired) electrons. The van der Waals surface area contributed by atoms with E-state index < -0.39 is 5.60 Å². The van der Waals surface area contributed by atoms with Crippen LogP contribution in [0.4, 0.5) is 0 Å². The monoisotopic (exact) mass is 283 g/mol. The van der Waals surface area contributed by atoms with Crippen LogP contribution in [0.1, 0.15) is 48.4 Å². The third-order valence-corrected chi connectivity index (χ3v) is 3.82. The Hall–Kier alpha value is -1.64. The summed E-state index contributed by atoms with van der Waals surface area (Å²) in [7, 11) is 0. The van der Waals surface area contributed by atoms with Gasteiger partial charge in [-0.2, -0.15) is 0 Å². The van der Waals surface area contributed by atoms with Gasteiger partial charge in [0.15, 0.2) is 0 Å². The molecule has 0 bridgehead atoms. The Morgan fingerprint density at radius 2 is 1.81 bits per heavy atom. The van der Waals surface area contributed by atoms with E-state index in [1.54, 1.807) is 13.8 Å². The summed E-state index contributed by atoms with van der Waals surface area (Å²) in [5.74, 6) is 0.110. The van der Waals surface area contributed by atoms with E-state index in [0.29, 0.717) is 6.42 Å². The molecule has 0 aromatic heterocycles. The van der Waals surface area contributed by atoms with Crippen LogP contribution in [-0.2, 0) is 12.2 Å². The zero-order valence-corrected chi connectivity index (χ0v) is 12.7. The maximum absolute atomic E-state index is 10.4. The van der Waals surface area contributed by atoms with Gasteiger partial charge in [0, 0.05) is 5.92 Å². The SMILES string of the molecule is [CH2]C[C@H](c1cccc(CO)c1)c1ccccc1C(C)(C)O. The van der Waals surface area contributed by atoms with Crippen LogP contribution in [0.25, 0.3) is 0 Å². The second kappa shape index (κ2) is 6.42. The standard InChI is InChI=1S/C19H23O2/c1-4-16(15-9-7-8-14(12-15)13-20)17-10-5-6-11-18(17)19(2,3)21/h5-12,16,20-21H,1,4,13H2,2-3H3/t16-/m1/s1. The Balaban J connectivity index is 2.51. The van der Waals surface area contributed by atoms with Crippen LogP contribution in [0.2, 0.25) is 0 Å². The van der Waals surface area contributed by atoms with Gasteiger partial charge >= 0.3 is 0 Å². The van der Waals surface area contributed by atoms with Crippen LogP contribution in [0.5, 0.6) is 0 Å². The first-order valence-electron chi connectivity index (χ1n) is 7.28. The first-order valence-corrected chi connectivity index (χ1v) is 7.28. The lowest BCUT2D eigenvalue weighted by Gasteiger charge is -2.26. The Morgan fingerprint density at radius 3 is 2.43 bits per heavy atom. The molecule has 2 heteroatoms. The average molecular weight is 283 g/mol. The predicted molar refractivity (Wildman–Crippen MR) is 85.9 cm³/mol. The molecule has 0 aliphatic heterocycles. The normalized spacial score (nSPS) is 13.2. The molecule has 0 fully saturated rings. The van der Waals surface area contributed by atoms with Gasteiger partial charge in [0.25, 0.3) is 0 Å². The fourth-order valence-corrected chi connectivity index (χ4v) is 2.77. The van der Waals surface area contributed by atoms with Gasteiger partial charge in [0.2, 0.25) is 0 Å².